The zero-order valence-electron chi connectivity index (χ0n) is 12.8. The van der Waals surface area contributed by atoms with Crippen molar-refractivity contribution in [2.24, 2.45) is 5.92 Å². The van der Waals surface area contributed by atoms with Gasteiger partial charge in [0.25, 0.3) is 0 Å². The number of carbonyl (C=O) groups excluding carboxylic acids is 1. The van der Waals surface area contributed by atoms with Crippen molar-refractivity contribution >= 4 is 11.7 Å². The second-order valence-corrected chi connectivity index (χ2v) is 6.45. The molecule has 0 spiro atoms. The Morgan fingerprint density at radius 1 is 1.35 bits per heavy atom. The summed E-state index contributed by atoms with van der Waals surface area (Å²) < 4.78 is 0. The number of para-hydroxylation sites is 1. The summed E-state index contributed by atoms with van der Waals surface area (Å²) in [5.74, 6) is 0.512. The Hall–Kier alpha value is -1.55. The highest BCUT2D eigenvalue weighted by Gasteiger charge is 2.37. The van der Waals surface area contributed by atoms with Crippen molar-refractivity contribution in [3.8, 4) is 0 Å². The number of carbonyl (C=O) groups is 1. The fourth-order valence-electron chi connectivity index (χ4n) is 2.50. The van der Waals surface area contributed by atoms with Gasteiger partial charge >= 0.3 is 6.03 Å². The molecule has 0 bridgehead atoms. The molecule has 1 heterocycles. The fraction of sp³-hybridized carbons (Fsp3) is 0.562. The quantitative estimate of drug-likeness (QED) is 0.871. The molecule has 0 saturated carbocycles. The summed E-state index contributed by atoms with van der Waals surface area (Å²) in [6.07, 6.45) is 0. The van der Waals surface area contributed by atoms with Crippen LogP contribution in [-0.2, 0) is 0 Å². The molecule has 4 heteroatoms. The van der Waals surface area contributed by atoms with E-state index in [9.17, 15) is 4.79 Å². The lowest BCUT2D eigenvalue weighted by atomic mass is 9.93. The number of anilines is 1. The monoisotopic (exact) mass is 275 g/mol. The predicted octanol–water partition coefficient (Wildman–Crippen LogP) is 2.93. The summed E-state index contributed by atoms with van der Waals surface area (Å²) in [4.78, 5) is 14.5. The van der Waals surface area contributed by atoms with E-state index in [0.29, 0.717) is 12.0 Å². The van der Waals surface area contributed by atoms with Crippen LogP contribution in [0.5, 0.6) is 0 Å². The number of hydrogen-bond donors (Lipinski definition) is 2. The van der Waals surface area contributed by atoms with Crippen LogP contribution in [0.3, 0.4) is 0 Å². The van der Waals surface area contributed by atoms with Gasteiger partial charge in [-0.05, 0) is 31.9 Å². The highest BCUT2D eigenvalue weighted by molar-refractivity contribution is 5.89. The SMILES string of the molecule is CC(C)C1CN(C(=O)Nc2ccccc2)C(C)(C)CN1. The second-order valence-electron chi connectivity index (χ2n) is 6.45. The topological polar surface area (TPSA) is 44.4 Å². The van der Waals surface area contributed by atoms with Crippen molar-refractivity contribution < 1.29 is 4.79 Å². The smallest absolute Gasteiger partial charge is 0.317 e. The van der Waals surface area contributed by atoms with Gasteiger partial charge in [-0.3, -0.25) is 0 Å². The second kappa shape index (κ2) is 5.83. The van der Waals surface area contributed by atoms with Crippen molar-refractivity contribution in [1.82, 2.24) is 10.2 Å². The van der Waals surface area contributed by atoms with E-state index in [1.54, 1.807) is 0 Å². The Morgan fingerprint density at radius 3 is 2.60 bits per heavy atom. The fourth-order valence-corrected chi connectivity index (χ4v) is 2.50. The van der Waals surface area contributed by atoms with E-state index in [1.165, 1.54) is 0 Å². The first kappa shape index (κ1) is 14.9. The predicted molar refractivity (Wildman–Crippen MR) is 82.9 cm³/mol. The minimum absolute atomic E-state index is 0.0200. The minimum atomic E-state index is -0.176. The molecule has 0 aromatic heterocycles. The number of urea groups is 1. The maximum absolute atomic E-state index is 12.5. The Balaban J connectivity index is 2.09. The maximum Gasteiger partial charge on any atom is 0.322 e. The molecule has 1 fully saturated rings. The number of piperazine rings is 1. The molecule has 1 saturated heterocycles. The third-order valence-corrected chi connectivity index (χ3v) is 3.98. The van der Waals surface area contributed by atoms with Crippen LogP contribution in [0, 0.1) is 5.92 Å². The van der Waals surface area contributed by atoms with Crippen molar-refractivity contribution in [3.05, 3.63) is 30.3 Å². The highest BCUT2D eigenvalue weighted by Crippen LogP contribution is 2.22. The van der Waals surface area contributed by atoms with E-state index in [2.05, 4.69) is 38.3 Å². The average Bonchev–Trinajstić information content (AvgIpc) is 2.39. The van der Waals surface area contributed by atoms with Gasteiger partial charge < -0.3 is 15.5 Å². The van der Waals surface area contributed by atoms with Gasteiger partial charge in [-0.1, -0.05) is 32.0 Å². The maximum atomic E-state index is 12.5. The molecule has 2 rings (SSSR count). The molecule has 20 heavy (non-hydrogen) atoms. The van der Waals surface area contributed by atoms with Gasteiger partial charge in [0.15, 0.2) is 0 Å². The summed E-state index contributed by atoms with van der Waals surface area (Å²) in [5.41, 5.74) is 0.664. The normalized spacial score (nSPS) is 21.9. The van der Waals surface area contributed by atoms with Crippen LogP contribution in [0.2, 0.25) is 0 Å². The largest absolute Gasteiger partial charge is 0.322 e. The molecule has 1 unspecified atom stereocenters. The zero-order chi connectivity index (χ0) is 14.8. The molecule has 2 amide bonds. The number of rotatable bonds is 2. The van der Waals surface area contributed by atoms with Crippen LogP contribution < -0.4 is 10.6 Å². The summed E-state index contributed by atoms with van der Waals surface area (Å²) in [7, 11) is 0. The lowest BCUT2D eigenvalue weighted by Gasteiger charge is -2.47. The Bertz CT molecular complexity index is 456. The molecule has 4 nitrogen and oxygen atoms in total. The van der Waals surface area contributed by atoms with Crippen LogP contribution in [0.4, 0.5) is 10.5 Å². The molecule has 1 atom stereocenters. The van der Waals surface area contributed by atoms with E-state index in [0.717, 1.165) is 18.8 Å². The van der Waals surface area contributed by atoms with Crippen LogP contribution in [0.25, 0.3) is 0 Å². The molecule has 2 N–H and O–H groups in total. The van der Waals surface area contributed by atoms with Gasteiger partial charge in [-0.25, -0.2) is 4.79 Å². The van der Waals surface area contributed by atoms with E-state index in [4.69, 9.17) is 0 Å². The van der Waals surface area contributed by atoms with Crippen LogP contribution in [0.1, 0.15) is 27.7 Å². The average molecular weight is 275 g/mol. The van der Waals surface area contributed by atoms with Gasteiger partial charge in [-0.15, -0.1) is 0 Å². The summed E-state index contributed by atoms with van der Waals surface area (Å²) in [5, 5.41) is 6.52. The molecular formula is C16H25N3O. The van der Waals surface area contributed by atoms with E-state index in [-0.39, 0.29) is 11.6 Å². The number of amides is 2. The molecular weight excluding hydrogens is 250 g/mol. The minimum Gasteiger partial charge on any atom is -0.317 e. The lowest BCUT2D eigenvalue weighted by molar-refractivity contribution is 0.0895. The number of benzene rings is 1. The van der Waals surface area contributed by atoms with Gasteiger partial charge in [0.2, 0.25) is 0 Å². The van der Waals surface area contributed by atoms with Crippen LogP contribution >= 0.6 is 0 Å². The van der Waals surface area contributed by atoms with Gasteiger partial charge in [-0.2, -0.15) is 0 Å². The zero-order valence-corrected chi connectivity index (χ0v) is 12.8. The molecule has 1 aromatic carbocycles. The van der Waals surface area contributed by atoms with E-state index >= 15 is 0 Å². The third kappa shape index (κ3) is 3.31. The third-order valence-electron chi connectivity index (χ3n) is 3.98. The Morgan fingerprint density at radius 2 is 2.00 bits per heavy atom. The van der Waals surface area contributed by atoms with E-state index < -0.39 is 0 Å². The van der Waals surface area contributed by atoms with Crippen LogP contribution in [-0.4, -0.2) is 35.6 Å². The summed E-state index contributed by atoms with van der Waals surface area (Å²) in [6, 6.07) is 9.95. The van der Waals surface area contributed by atoms with Gasteiger partial charge in [0, 0.05) is 24.8 Å². The van der Waals surface area contributed by atoms with E-state index in [1.807, 2.05) is 35.2 Å². The number of hydrogen-bond acceptors (Lipinski definition) is 2. The van der Waals surface area contributed by atoms with Crippen LogP contribution in [0.15, 0.2) is 30.3 Å². The van der Waals surface area contributed by atoms with Crippen molar-refractivity contribution in [3.63, 3.8) is 0 Å². The molecule has 1 aliphatic rings. The Labute approximate surface area is 121 Å². The lowest BCUT2D eigenvalue weighted by Crippen LogP contribution is -2.65. The number of nitrogens with one attached hydrogen (secondary N) is 2. The van der Waals surface area contributed by atoms with Crippen molar-refractivity contribution in [1.29, 1.82) is 0 Å². The summed E-state index contributed by atoms with van der Waals surface area (Å²) >= 11 is 0. The molecule has 0 radical (unpaired) electrons. The Kier molecular flexibility index (Phi) is 4.33. The molecule has 1 aliphatic heterocycles. The molecule has 1 aromatic rings. The van der Waals surface area contributed by atoms with Gasteiger partial charge in [0.1, 0.15) is 0 Å². The molecule has 110 valence electrons. The molecule has 0 aliphatic carbocycles. The standard InChI is InChI=1S/C16H25N3O/c1-12(2)14-10-19(16(3,4)11-17-14)15(20)18-13-8-6-5-7-9-13/h5-9,12,14,17H,10-11H2,1-4H3,(H,18,20). The first-order valence-electron chi connectivity index (χ1n) is 7.27. The number of nitrogens with zero attached hydrogens (tertiary/aromatic N) is 1. The highest BCUT2D eigenvalue weighted by atomic mass is 16.2. The van der Waals surface area contributed by atoms with Crippen molar-refractivity contribution in [2.75, 3.05) is 18.4 Å². The van der Waals surface area contributed by atoms with Gasteiger partial charge in [0.05, 0.1) is 5.54 Å². The first-order valence-corrected chi connectivity index (χ1v) is 7.27. The van der Waals surface area contributed by atoms with Crippen molar-refractivity contribution in [2.45, 2.75) is 39.3 Å². The summed E-state index contributed by atoms with van der Waals surface area (Å²) in [6.45, 7) is 10.1. The first-order chi connectivity index (χ1) is 9.40.